The molecule has 1 rings (SSSR count). The average molecular weight is 277 g/mol. The molecule has 92 valence electrons. The van der Waals surface area contributed by atoms with Gasteiger partial charge < -0.3 is 0 Å². The van der Waals surface area contributed by atoms with Crippen LogP contribution in [0.4, 0.5) is 0 Å². The first kappa shape index (κ1) is 13.5. The van der Waals surface area contributed by atoms with E-state index in [0.29, 0.717) is 0 Å². The Bertz CT molecular complexity index is 670. The fourth-order valence-corrected chi connectivity index (χ4v) is 2.82. The summed E-state index contributed by atoms with van der Waals surface area (Å²) in [7, 11) is -8.67. The van der Waals surface area contributed by atoms with Gasteiger partial charge in [-0.25, -0.2) is 4.79 Å². The highest BCUT2D eigenvalue weighted by Gasteiger charge is 2.20. The van der Waals surface area contributed by atoms with Crippen LogP contribution < -0.4 is 0 Å². The van der Waals surface area contributed by atoms with Crippen LogP contribution >= 0.6 is 0 Å². The topological polar surface area (TPSA) is 118 Å². The van der Waals surface area contributed by atoms with Crippen molar-refractivity contribution in [3.63, 3.8) is 0 Å². The Morgan fingerprint density at radius 1 is 1.18 bits per heavy atom. The number of hydrogen-bond acceptors (Lipinski definition) is 5. The summed E-state index contributed by atoms with van der Waals surface area (Å²) in [5.74, 6) is -0.878. The van der Waals surface area contributed by atoms with Crippen LogP contribution in [0, 0.1) is 0 Å². The lowest BCUT2D eigenvalue weighted by atomic mass is 10.2. The molecule has 17 heavy (non-hydrogen) atoms. The van der Waals surface area contributed by atoms with Gasteiger partial charge in [-0.3, -0.25) is 4.55 Å². The molecule has 0 radical (unpaired) electrons. The maximum Gasteiger partial charge on any atom is 0.292 e. The molecule has 0 bridgehead atoms. The molecule has 0 aromatic heterocycles. The largest absolute Gasteiger partial charge is 0.292 e. The van der Waals surface area contributed by atoms with E-state index in [1.807, 2.05) is 0 Å². The van der Waals surface area contributed by atoms with Crippen LogP contribution in [0.1, 0.15) is 5.56 Å². The second-order valence-corrected chi connectivity index (χ2v) is 6.02. The Morgan fingerprint density at radius 3 is 2.29 bits per heavy atom. The first-order valence-electron chi connectivity index (χ1n) is 4.13. The van der Waals surface area contributed by atoms with Crippen molar-refractivity contribution in [3.8, 4) is 0 Å². The molecule has 0 unspecified atom stereocenters. The molecule has 1 aromatic carbocycles. The zero-order valence-electron chi connectivity index (χ0n) is 8.27. The van der Waals surface area contributed by atoms with Crippen LogP contribution in [-0.4, -0.2) is 27.5 Å². The molecular formula is C8H7NO6S2. The summed E-state index contributed by atoms with van der Waals surface area (Å²) in [5, 5.41) is 0. The van der Waals surface area contributed by atoms with Gasteiger partial charge in [0.05, 0.1) is 4.90 Å². The third kappa shape index (κ3) is 3.75. The molecule has 9 heteroatoms. The summed E-state index contributed by atoms with van der Waals surface area (Å²) < 4.78 is 55.5. The number of nitrogens with zero attached hydrogens (tertiary/aromatic N) is 1. The van der Waals surface area contributed by atoms with Crippen molar-refractivity contribution >= 4 is 26.2 Å². The molecule has 1 N–H and O–H groups in total. The van der Waals surface area contributed by atoms with Crippen molar-refractivity contribution in [2.75, 3.05) is 0 Å². The summed E-state index contributed by atoms with van der Waals surface area (Å²) in [5.41, 5.74) is -0.172. The maximum atomic E-state index is 11.4. The Morgan fingerprint density at radius 2 is 1.76 bits per heavy atom. The Hall–Kier alpha value is -1.54. The molecule has 0 fully saturated rings. The Kier molecular flexibility index (Phi) is 3.79. The lowest BCUT2D eigenvalue weighted by Gasteiger charge is -2.04. The van der Waals surface area contributed by atoms with Crippen molar-refractivity contribution in [2.45, 2.75) is 10.6 Å². The third-order valence-electron chi connectivity index (χ3n) is 1.75. The van der Waals surface area contributed by atoms with Crippen LogP contribution in [-0.2, 0) is 30.7 Å². The van der Waals surface area contributed by atoms with Crippen LogP contribution in [0.25, 0.3) is 0 Å². The molecule has 0 atom stereocenters. The molecule has 0 aliphatic rings. The number of isocyanates is 1. The summed E-state index contributed by atoms with van der Waals surface area (Å²) in [6, 6.07) is 5.00. The van der Waals surface area contributed by atoms with E-state index in [2.05, 4.69) is 4.40 Å². The van der Waals surface area contributed by atoms with Crippen molar-refractivity contribution in [1.82, 2.24) is 0 Å². The number of benzene rings is 1. The normalized spacial score (nSPS) is 11.8. The zero-order chi connectivity index (χ0) is 13.1. The van der Waals surface area contributed by atoms with Gasteiger partial charge in [0.2, 0.25) is 0 Å². The van der Waals surface area contributed by atoms with Gasteiger partial charge in [-0.15, -0.1) is 0 Å². The minimum Gasteiger partial charge on any atom is -0.285 e. The standard InChI is InChI=1S/C8H7NO6S2/c10-6-9-17(14,15)8-4-2-1-3-7(8)5-16(11,12)13/h1-4H,5H2,(H,11,12,13). The van der Waals surface area contributed by atoms with E-state index in [1.165, 1.54) is 18.2 Å². The lowest BCUT2D eigenvalue weighted by molar-refractivity contribution is 0.481. The fraction of sp³-hybridized carbons (Fsp3) is 0.125. The van der Waals surface area contributed by atoms with E-state index >= 15 is 0 Å². The molecule has 0 saturated heterocycles. The minimum atomic E-state index is -4.38. The summed E-state index contributed by atoms with van der Waals surface area (Å²) >= 11 is 0. The molecule has 0 aliphatic carbocycles. The third-order valence-corrected chi connectivity index (χ3v) is 3.69. The molecule has 0 spiro atoms. The smallest absolute Gasteiger partial charge is 0.285 e. The van der Waals surface area contributed by atoms with E-state index in [0.717, 1.165) is 12.1 Å². The highest BCUT2D eigenvalue weighted by Crippen LogP contribution is 2.19. The highest BCUT2D eigenvalue weighted by molar-refractivity contribution is 7.90. The van der Waals surface area contributed by atoms with E-state index in [9.17, 15) is 21.6 Å². The van der Waals surface area contributed by atoms with E-state index < -0.39 is 30.8 Å². The molecule has 0 heterocycles. The zero-order valence-corrected chi connectivity index (χ0v) is 9.90. The molecular weight excluding hydrogens is 270 g/mol. The van der Waals surface area contributed by atoms with Gasteiger partial charge in [-0.1, -0.05) is 22.6 Å². The van der Waals surface area contributed by atoms with Crippen LogP contribution in [0.3, 0.4) is 0 Å². The van der Waals surface area contributed by atoms with Crippen molar-refractivity contribution < 1.29 is 26.2 Å². The first-order chi connectivity index (χ1) is 7.76. The van der Waals surface area contributed by atoms with Gasteiger partial charge in [0.25, 0.3) is 26.2 Å². The number of sulfonamides is 1. The molecule has 0 saturated carbocycles. The number of hydrogen-bond donors (Lipinski definition) is 1. The quantitative estimate of drug-likeness (QED) is 0.473. The van der Waals surface area contributed by atoms with Gasteiger partial charge in [0.1, 0.15) is 5.75 Å². The first-order valence-corrected chi connectivity index (χ1v) is 7.18. The van der Waals surface area contributed by atoms with Gasteiger partial charge in [-0.2, -0.15) is 16.8 Å². The molecule has 0 amide bonds. The average Bonchev–Trinajstić information content (AvgIpc) is 2.15. The summed E-state index contributed by atoms with van der Waals surface area (Å²) in [4.78, 5) is 9.49. The van der Waals surface area contributed by atoms with E-state index in [4.69, 9.17) is 4.55 Å². The summed E-state index contributed by atoms with van der Waals surface area (Å²) in [6.45, 7) is 0. The highest BCUT2D eigenvalue weighted by atomic mass is 32.2. The second-order valence-electron chi connectivity index (χ2n) is 2.99. The van der Waals surface area contributed by atoms with E-state index in [1.54, 1.807) is 0 Å². The predicted molar refractivity (Wildman–Crippen MR) is 57.0 cm³/mol. The predicted octanol–water partition coefficient (Wildman–Crippen LogP) is 0.0989. The Balaban J connectivity index is 3.41. The van der Waals surface area contributed by atoms with Crippen LogP contribution in [0.2, 0.25) is 0 Å². The number of rotatable bonds is 4. The lowest BCUT2D eigenvalue weighted by Crippen LogP contribution is -2.07. The van der Waals surface area contributed by atoms with Gasteiger partial charge in [0, 0.05) is 0 Å². The monoisotopic (exact) mass is 277 g/mol. The number of carbonyl (C=O) groups excluding carboxylic acids is 1. The van der Waals surface area contributed by atoms with Crippen molar-refractivity contribution in [2.24, 2.45) is 4.40 Å². The van der Waals surface area contributed by atoms with Crippen LogP contribution in [0.15, 0.2) is 33.6 Å². The van der Waals surface area contributed by atoms with Crippen molar-refractivity contribution in [3.05, 3.63) is 29.8 Å². The van der Waals surface area contributed by atoms with Gasteiger partial charge in [-0.05, 0) is 11.6 Å². The van der Waals surface area contributed by atoms with Crippen molar-refractivity contribution in [1.29, 1.82) is 0 Å². The second kappa shape index (κ2) is 4.76. The van der Waals surface area contributed by atoms with Gasteiger partial charge >= 0.3 is 0 Å². The molecule has 1 aromatic rings. The Labute approximate surface area is 97.6 Å². The SMILES string of the molecule is O=C=NS(=O)(=O)c1ccccc1CS(=O)(=O)O. The maximum absolute atomic E-state index is 11.4. The summed E-state index contributed by atoms with van der Waals surface area (Å²) in [6.07, 6.45) is 0.872. The molecule has 0 aliphatic heterocycles. The molecule has 7 nitrogen and oxygen atoms in total. The van der Waals surface area contributed by atoms with Gasteiger partial charge in [0.15, 0.2) is 0 Å². The van der Waals surface area contributed by atoms with Crippen LogP contribution in [0.5, 0.6) is 0 Å². The minimum absolute atomic E-state index is 0.172. The van der Waals surface area contributed by atoms with E-state index in [-0.39, 0.29) is 5.56 Å². The fourth-order valence-electron chi connectivity index (χ4n) is 1.17.